The maximum Gasteiger partial charge on any atom is 0.166 e. The third kappa shape index (κ3) is 2.52. The predicted octanol–water partition coefficient (Wildman–Crippen LogP) is 2.88. The van der Waals surface area contributed by atoms with Crippen LogP contribution in [0, 0.1) is 12.8 Å². The molecule has 1 fully saturated rings. The Bertz CT molecular complexity index is 375. The second kappa shape index (κ2) is 4.81. The van der Waals surface area contributed by atoms with Crippen LogP contribution in [0.4, 0.5) is 0 Å². The van der Waals surface area contributed by atoms with Gasteiger partial charge < -0.3 is 0 Å². The SMILES string of the molecule is Cc1nn(C)cc1C(=O)CC1CCCCC1. The summed E-state index contributed by atoms with van der Waals surface area (Å²) in [5, 5.41) is 4.22. The molecule has 0 aliphatic heterocycles. The van der Waals surface area contributed by atoms with Gasteiger partial charge in [-0.2, -0.15) is 5.10 Å². The molecular formula is C13H20N2O. The molecule has 0 unspecified atom stereocenters. The van der Waals surface area contributed by atoms with Gasteiger partial charge in [0.05, 0.1) is 11.3 Å². The van der Waals surface area contributed by atoms with Gasteiger partial charge in [0.1, 0.15) is 0 Å². The normalized spacial score (nSPS) is 17.6. The van der Waals surface area contributed by atoms with Crippen molar-refractivity contribution in [3.8, 4) is 0 Å². The van der Waals surface area contributed by atoms with Crippen molar-refractivity contribution in [2.24, 2.45) is 13.0 Å². The predicted molar refractivity (Wildman–Crippen MR) is 63.5 cm³/mol. The third-order valence-electron chi connectivity index (χ3n) is 3.51. The van der Waals surface area contributed by atoms with Crippen LogP contribution in [-0.4, -0.2) is 15.6 Å². The minimum absolute atomic E-state index is 0.275. The van der Waals surface area contributed by atoms with Gasteiger partial charge in [0.25, 0.3) is 0 Å². The van der Waals surface area contributed by atoms with Crippen LogP contribution in [0.15, 0.2) is 6.20 Å². The summed E-state index contributed by atoms with van der Waals surface area (Å²) in [6.07, 6.45) is 8.95. The molecule has 1 aliphatic carbocycles. The molecule has 88 valence electrons. The number of carbonyl (C=O) groups is 1. The van der Waals surface area contributed by atoms with Crippen molar-refractivity contribution in [2.45, 2.75) is 45.4 Å². The Morgan fingerprint density at radius 3 is 2.69 bits per heavy atom. The molecule has 2 rings (SSSR count). The summed E-state index contributed by atoms with van der Waals surface area (Å²) in [5.74, 6) is 0.887. The average Bonchev–Trinajstić information content (AvgIpc) is 2.59. The van der Waals surface area contributed by atoms with E-state index in [-0.39, 0.29) is 5.78 Å². The van der Waals surface area contributed by atoms with E-state index < -0.39 is 0 Å². The molecule has 0 atom stereocenters. The fourth-order valence-electron chi connectivity index (χ4n) is 2.64. The number of Topliss-reactive ketones (excluding diaryl/α,β-unsaturated/α-hetero) is 1. The molecule has 1 aromatic rings. The van der Waals surface area contributed by atoms with E-state index in [0.717, 1.165) is 11.3 Å². The second-order valence-electron chi connectivity index (χ2n) is 4.93. The summed E-state index contributed by atoms with van der Waals surface area (Å²) >= 11 is 0. The minimum Gasteiger partial charge on any atom is -0.294 e. The summed E-state index contributed by atoms with van der Waals surface area (Å²) < 4.78 is 1.73. The third-order valence-corrected chi connectivity index (χ3v) is 3.51. The van der Waals surface area contributed by atoms with Crippen molar-refractivity contribution in [3.05, 3.63) is 17.5 Å². The smallest absolute Gasteiger partial charge is 0.166 e. The molecule has 1 saturated carbocycles. The van der Waals surface area contributed by atoms with E-state index in [1.165, 1.54) is 32.1 Å². The van der Waals surface area contributed by atoms with Crippen molar-refractivity contribution in [2.75, 3.05) is 0 Å². The van der Waals surface area contributed by atoms with E-state index in [1.54, 1.807) is 4.68 Å². The van der Waals surface area contributed by atoms with Gasteiger partial charge in [-0.3, -0.25) is 9.48 Å². The Labute approximate surface area is 96.8 Å². The van der Waals surface area contributed by atoms with E-state index in [4.69, 9.17) is 0 Å². The summed E-state index contributed by atoms with van der Waals surface area (Å²) in [7, 11) is 1.87. The number of rotatable bonds is 3. The molecule has 0 N–H and O–H groups in total. The quantitative estimate of drug-likeness (QED) is 0.734. The maximum absolute atomic E-state index is 12.1. The Morgan fingerprint density at radius 1 is 1.44 bits per heavy atom. The molecule has 1 aromatic heterocycles. The lowest BCUT2D eigenvalue weighted by molar-refractivity contribution is 0.0949. The van der Waals surface area contributed by atoms with E-state index in [2.05, 4.69) is 5.10 Å². The lowest BCUT2D eigenvalue weighted by atomic mass is 9.85. The molecular weight excluding hydrogens is 200 g/mol. The molecule has 16 heavy (non-hydrogen) atoms. The lowest BCUT2D eigenvalue weighted by Crippen LogP contribution is -2.12. The van der Waals surface area contributed by atoms with Gasteiger partial charge in [0.15, 0.2) is 5.78 Å². The summed E-state index contributed by atoms with van der Waals surface area (Å²) in [6, 6.07) is 0. The monoisotopic (exact) mass is 220 g/mol. The highest BCUT2D eigenvalue weighted by molar-refractivity contribution is 5.96. The highest BCUT2D eigenvalue weighted by atomic mass is 16.1. The zero-order valence-corrected chi connectivity index (χ0v) is 10.2. The van der Waals surface area contributed by atoms with Crippen LogP contribution < -0.4 is 0 Å². The van der Waals surface area contributed by atoms with Crippen molar-refractivity contribution >= 4 is 5.78 Å². The molecule has 0 amide bonds. The van der Waals surface area contributed by atoms with Crippen LogP contribution in [0.3, 0.4) is 0 Å². The molecule has 0 spiro atoms. The van der Waals surface area contributed by atoms with Crippen LogP contribution in [0.5, 0.6) is 0 Å². The molecule has 0 aromatic carbocycles. The van der Waals surface area contributed by atoms with Crippen molar-refractivity contribution < 1.29 is 4.79 Å². The zero-order chi connectivity index (χ0) is 11.5. The van der Waals surface area contributed by atoms with Gasteiger partial charge in [-0.25, -0.2) is 0 Å². The van der Waals surface area contributed by atoms with Crippen LogP contribution >= 0.6 is 0 Å². The van der Waals surface area contributed by atoms with Crippen molar-refractivity contribution in [3.63, 3.8) is 0 Å². The van der Waals surface area contributed by atoms with Crippen LogP contribution in [0.25, 0.3) is 0 Å². The first-order valence-electron chi connectivity index (χ1n) is 6.20. The number of hydrogen-bond donors (Lipinski definition) is 0. The standard InChI is InChI=1S/C13H20N2O/c1-10-12(9-15(2)14-10)13(16)8-11-6-4-3-5-7-11/h9,11H,3-8H2,1-2H3. The number of nitrogens with zero attached hydrogens (tertiary/aromatic N) is 2. The Kier molecular flexibility index (Phi) is 3.42. The van der Waals surface area contributed by atoms with Crippen LogP contribution in [-0.2, 0) is 7.05 Å². The summed E-state index contributed by atoms with van der Waals surface area (Å²) in [5.41, 5.74) is 1.68. The topological polar surface area (TPSA) is 34.9 Å². The Hall–Kier alpha value is -1.12. The van der Waals surface area contributed by atoms with Crippen LogP contribution in [0.1, 0.15) is 54.6 Å². The van der Waals surface area contributed by atoms with E-state index in [1.807, 2.05) is 20.2 Å². The lowest BCUT2D eigenvalue weighted by Gasteiger charge is -2.20. The van der Waals surface area contributed by atoms with Gasteiger partial charge in [-0.1, -0.05) is 32.1 Å². The Balaban J connectivity index is 1.99. The first-order chi connectivity index (χ1) is 7.66. The van der Waals surface area contributed by atoms with Crippen molar-refractivity contribution in [1.82, 2.24) is 9.78 Å². The highest BCUT2D eigenvalue weighted by Crippen LogP contribution is 2.27. The molecule has 0 radical (unpaired) electrons. The van der Waals surface area contributed by atoms with Crippen molar-refractivity contribution in [1.29, 1.82) is 0 Å². The van der Waals surface area contributed by atoms with E-state index in [9.17, 15) is 4.79 Å². The molecule has 1 aliphatic rings. The number of aryl methyl sites for hydroxylation is 2. The van der Waals surface area contributed by atoms with Crippen LogP contribution in [0.2, 0.25) is 0 Å². The first kappa shape index (κ1) is 11.4. The number of hydrogen-bond acceptors (Lipinski definition) is 2. The minimum atomic E-state index is 0.275. The first-order valence-corrected chi connectivity index (χ1v) is 6.20. The molecule has 1 heterocycles. The molecule has 0 bridgehead atoms. The molecule has 3 heteroatoms. The summed E-state index contributed by atoms with van der Waals surface area (Å²) in [6.45, 7) is 1.91. The second-order valence-corrected chi connectivity index (χ2v) is 4.93. The van der Waals surface area contributed by atoms with Gasteiger partial charge in [-0.15, -0.1) is 0 Å². The molecule has 0 saturated heterocycles. The van der Waals surface area contributed by atoms with E-state index >= 15 is 0 Å². The van der Waals surface area contributed by atoms with Gasteiger partial charge >= 0.3 is 0 Å². The fourth-order valence-corrected chi connectivity index (χ4v) is 2.64. The Morgan fingerprint density at radius 2 is 2.12 bits per heavy atom. The number of ketones is 1. The fraction of sp³-hybridized carbons (Fsp3) is 0.692. The van der Waals surface area contributed by atoms with E-state index in [0.29, 0.717) is 12.3 Å². The number of aromatic nitrogens is 2. The number of carbonyl (C=O) groups excluding carboxylic acids is 1. The average molecular weight is 220 g/mol. The largest absolute Gasteiger partial charge is 0.294 e. The van der Waals surface area contributed by atoms with Gasteiger partial charge in [0, 0.05) is 19.7 Å². The maximum atomic E-state index is 12.1. The van der Waals surface area contributed by atoms with Gasteiger partial charge in [0.2, 0.25) is 0 Å². The zero-order valence-electron chi connectivity index (χ0n) is 10.2. The van der Waals surface area contributed by atoms with Gasteiger partial charge in [-0.05, 0) is 12.8 Å². The molecule has 3 nitrogen and oxygen atoms in total. The summed E-state index contributed by atoms with van der Waals surface area (Å²) in [4.78, 5) is 12.1. The highest BCUT2D eigenvalue weighted by Gasteiger charge is 2.20.